The molecule has 122 valence electrons. The van der Waals surface area contributed by atoms with E-state index in [-0.39, 0.29) is 0 Å². The van der Waals surface area contributed by atoms with Crippen molar-refractivity contribution in [3.8, 4) is 0 Å². The number of anilines is 1. The molecule has 1 amide bonds. The fraction of sp³-hybridized carbons (Fsp3) is 0.471. The molecule has 4 aliphatic heterocycles. The Labute approximate surface area is 140 Å². The molecule has 5 rings (SSSR count). The van der Waals surface area contributed by atoms with Gasteiger partial charge >= 0.3 is 6.09 Å². The van der Waals surface area contributed by atoms with Gasteiger partial charge in [0.05, 0.1) is 5.69 Å². The van der Waals surface area contributed by atoms with Crippen LogP contribution in [0.25, 0.3) is 0 Å². The van der Waals surface area contributed by atoms with Crippen molar-refractivity contribution in [3.63, 3.8) is 0 Å². The van der Waals surface area contributed by atoms with Crippen molar-refractivity contribution < 1.29 is 9.53 Å². The van der Waals surface area contributed by atoms with E-state index in [0.29, 0.717) is 22.4 Å². The lowest BCUT2D eigenvalue weighted by atomic mass is 9.74. The highest BCUT2D eigenvalue weighted by atomic mass is 35.5. The molecule has 0 aromatic heterocycles. The van der Waals surface area contributed by atoms with Crippen LogP contribution in [0.5, 0.6) is 0 Å². The largest absolute Gasteiger partial charge is 0.436 e. The van der Waals surface area contributed by atoms with Crippen LogP contribution in [0.3, 0.4) is 0 Å². The zero-order chi connectivity index (χ0) is 16.2. The first-order valence-corrected chi connectivity index (χ1v) is 8.36. The summed E-state index contributed by atoms with van der Waals surface area (Å²) in [6, 6.07) is 5.45. The summed E-state index contributed by atoms with van der Waals surface area (Å²) in [4.78, 5) is 16.4. The number of hydrogen-bond donors (Lipinski definition) is 1. The van der Waals surface area contributed by atoms with Gasteiger partial charge in [-0.05, 0) is 50.6 Å². The van der Waals surface area contributed by atoms with Gasteiger partial charge in [0.1, 0.15) is 5.82 Å². The van der Waals surface area contributed by atoms with Gasteiger partial charge in [-0.1, -0.05) is 17.7 Å². The average molecular weight is 334 g/mol. The first-order chi connectivity index (χ1) is 11.0. The normalized spacial score (nSPS) is 32.9. The maximum absolute atomic E-state index is 12.7. The number of fused-ring (bicyclic) bond motifs is 2. The van der Waals surface area contributed by atoms with E-state index < -0.39 is 11.7 Å². The number of aryl methyl sites for hydroxylation is 1. The van der Waals surface area contributed by atoms with Gasteiger partial charge in [0.25, 0.3) is 0 Å². The van der Waals surface area contributed by atoms with Gasteiger partial charge in [-0.25, -0.2) is 9.69 Å². The summed E-state index contributed by atoms with van der Waals surface area (Å²) in [7, 11) is 0. The van der Waals surface area contributed by atoms with E-state index in [4.69, 9.17) is 22.1 Å². The summed E-state index contributed by atoms with van der Waals surface area (Å²) in [5.41, 5.74) is 7.28. The maximum Gasteiger partial charge on any atom is 0.421 e. The second-order valence-electron chi connectivity index (χ2n) is 6.71. The van der Waals surface area contributed by atoms with E-state index >= 15 is 0 Å². The number of carbonyl (C=O) groups is 1. The smallest absolute Gasteiger partial charge is 0.421 e. The van der Waals surface area contributed by atoms with Gasteiger partial charge in [0, 0.05) is 23.6 Å². The van der Waals surface area contributed by atoms with E-state index in [9.17, 15) is 4.79 Å². The number of hydrogen-bond acceptors (Lipinski definition) is 4. The standard InChI is InChI=1S/C17H20ClN3O2/c1-11-2-3-13(8-14(11)18)21-15(19)9-17(23-16(21)22)10-20-6-4-12(17)5-7-20/h2-3,8-9,12H,4-7,10,19H2,1H3. The fourth-order valence-electron chi connectivity index (χ4n) is 3.97. The molecule has 0 aliphatic carbocycles. The third-order valence-electron chi connectivity index (χ3n) is 5.27. The monoisotopic (exact) mass is 333 g/mol. The lowest BCUT2D eigenvalue weighted by Gasteiger charge is -2.52. The van der Waals surface area contributed by atoms with Gasteiger partial charge in [-0.3, -0.25) is 4.90 Å². The highest BCUT2D eigenvalue weighted by Crippen LogP contribution is 2.42. The van der Waals surface area contributed by atoms with Crippen molar-refractivity contribution >= 4 is 23.4 Å². The first kappa shape index (κ1) is 14.8. The SMILES string of the molecule is Cc1ccc(N2C(=O)OC3(C=C2N)CN2CCC3CC2)cc1Cl. The van der Waals surface area contributed by atoms with E-state index in [1.807, 2.05) is 25.1 Å². The number of ether oxygens (including phenoxy) is 1. The number of amides is 1. The molecule has 3 fully saturated rings. The van der Waals surface area contributed by atoms with E-state index in [1.54, 1.807) is 6.07 Å². The molecular weight excluding hydrogens is 314 g/mol. The number of rotatable bonds is 1. The minimum absolute atomic E-state index is 0.360. The van der Waals surface area contributed by atoms with Crippen molar-refractivity contribution in [1.82, 2.24) is 4.90 Å². The molecule has 23 heavy (non-hydrogen) atoms. The van der Waals surface area contributed by atoms with Crippen LogP contribution in [0.4, 0.5) is 10.5 Å². The third kappa shape index (κ3) is 2.30. The molecule has 0 saturated carbocycles. The van der Waals surface area contributed by atoms with Crippen LogP contribution < -0.4 is 10.6 Å². The molecule has 1 aromatic carbocycles. The molecule has 4 heterocycles. The third-order valence-corrected chi connectivity index (χ3v) is 5.68. The molecule has 1 unspecified atom stereocenters. The summed E-state index contributed by atoms with van der Waals surface area (Å²) in [5, 5.41) is 0.603. The van der Waals surface area contributed by atoms with Crippen LogP contribution in [0.2, 0.25) is 5.02 Å². The minimum Gasteiger partial charge on any atom is -0.436 e. The van der Waals surface area contributed by atoms with Gasteiger partial charge in [0.2, 0.25) is 0 Å². The number of nitrogens with zero attached hydrogens (tertiary/aromatic N) is 2. The Morgan fingerprint density at radius 2 is 2.09 bits per heavy atom. The number of nitrogens with two attached hydrogens (primary N) is 1. The number of carbonyl (C=O) groups excluding carboxylic acids is 1. The predicted molar refractivity (Wildman–Crippen MR) is 89.3 cm³/mol. The van der Waals surface area contributed by atoms with Gasteiger partial charge in [-0.15, -0.1) is 0 Å². The van der Waals surface area contributed by atoms with Crippen molar-refractivity contribution in [1.29, 1.82) is 0 Å². The Balaban J connectivity index is 1.70. The minimum atomic E-state index is -0.567. The van der Waals surface area contributed by atoms with E-state index in [1.165, 1.54) is 4.90 Å². The van der Waals surface area contributed by atoms with Gasteiger partial charge in [0.15, 0.2) is 5.60 Å². The van der Waals surface area contributed by atoms with Crippen molar-refractivity contribution in [2.24, 2.45) is 11.7 Å². The van der Waals surface area contributed by atoms with Crippen molar-refractivity contribution in [2.75, 3.05) is 24.5 Å². The highest BCUT2D eigenvalue weighted by molar-refractivity contribution is 6.31. The molecule has 1 aromatic rings. The molecule has 6 heteroatoms. The number of benzene rings is 1. The zero-order valence-electron chi connectivity index (χ0n) is 13.1. The van der Waals surface area contributed by atoms with Crippen molar-refractivity contribution in [3.05, 3.63) is 40.7 Å². The maximum atomic E-state index is 12.7. The first-order valence-electron chi connectivity index (χ1n) is 7.98. The van der Waals surface area contributed by atoms with E-state index in [0.717, 1.165) is 38.0 Å². The lowest BCUT2D eigenvalue weighted by Crippen LogP contribution is -2.63. The molecule has 2 bridgehead atoms. The quantitative estimate of drug-likeness (QED) is 0.858. The van der Waals surface area contributed by atoms with Crippen LogP contribution >= 0.6 is 11.6 Å². The van der Waals surface area contributed by atoms with Crippen LogP contribution in [-0.2, 0) is 4.74 Å². The Bertz CT molecular complexity index is 697. The number of piperidine rings is 3. The Kier molecular flexibility index (Phi) is 3.32. The fourth-order valence-corrected chi connectivity index (χ4v) is 4.15. The highest BCUT2D eigenvalue weighted by Gasteiger charge is 2.51. The van der Waals surface area contributed by atoms with E-state index in [2.05, 4.69) is 4.90 Å². The van der Waals surface area contributed by atoms with Crippen LogP contribution in [-0.4, -0.2) is 36.2 Å². The van der Waals surface area contributed by atoms with Crippen LogP contribution in [0.1, 0.15) is 18.4 Å². The Morgan fingerprint density at radius 3 is 2.65 bits per heavy atom. The average Bonchev–Trinajstić information content (AvgIpc) is 2.51. The summed E-state index contributed by atoms with van der Waals surface area (Å²) >= 11 is 6.18. The van der Waals surface area contributed by atoms with Crippen LogP contribution in [0.15, 0.2) is 30.1 Å². The Morgan fingerprint density at radius 1 is 1.35 bits per heavy atom. The molecular formula is C17H20ClN3O2. The number of halogens is 1. The molecule has 0 radical (unpaired) electrons. The molecule has 2 N–H and O–H groups in total. The summed E-state index contributed by atoms with van der Waals surface area (Å²) in [5.74, 6) is 0.786. The van der Waals surface area contributed by atoms with Gasteiger partial charge < -0.3 is 10.5 Å². The topological polar surface area (TPSA) is 58.8 Å². The lowest BCUT2D eigenvalue weighted by molar-refractivity contribution is -0.0860. The zero-order valence-corrected chi connectivity index (χ0v) is 13.8. The van der Waals surface area contributed by atoms with Crippen molar-refractivity contribution in [2.45, 2.75) is 25.4 Å². The predicted octanol–water partition coefficient (Wildman–Crippen LogP) is 2.87. The summed E-state index contributed by atoms with van der Waals surface area (Å²) < 4.78 is 5.90. The summed E-state index contributed by atoms with van der Waals surface area (Å²) in [6.07, 6.45) is 3.61. The Hall–Kier alpha value is -1.72. The van der Waals surface area contributed by atoms with Gasteiger partial charge in [-0.2, -0.15) is 0 Å². The molecule has 4 aliphatic rings. The molecule has 3 saturated heterocycles. The molecule has 1 atom stereocenters. The second kappa shape index (κ2) is 5.14. The molecule has 5 nitrogen and oxygen atoms in total. The molecule has 1 spiro atoms. The second-order valence-corrected chi connectivity index (χ2v) is 7.12. The summed E-state index contributed by atoms with van der Waals surface area (Å²) in [6.45, 7) is 4.82. The van der Waals surface area contributed by atoms with Crippen LogP contribution in [0, 0.1) is 12.8 Å².